The molecule has 0 saturated carbocycles. The molecule has 2 aromatic carbocycles. The van der Waals surface area contributed by atoms with Gasteiger partial charge >= 0.3 is 0 Å². The second kappa shape index (κ2) is 8.01. The van der Waals surface area contributed by atoms with Gasteiger partial charge in [-0.2, -0.15) is 0 Å². The fourth-order valence-electron chi connectivity index (χ4n) is 2.17. The Morgan fingerprint density at radius 3 is 2.38 bits per heavy atom. The van der Waals surface area contributed by atoms with Crippen LogP contribution in [-0.2, 0) is 21.2 Å². The number of nitrogens with zero attached hydrogens (tertiary/aromatic N) is 1. The Hall–Kier alpha value is -1.56. The summed E-state index contributed by atoms with van der Waals surface area (Å²) in [7, 11) is -1.87. The van der Waals surface area contributed by atoms with Crippen LogP contribution < -0.4 is 0 Å². The van der Waals surface area contributed by atoms with Crippen LogP contribution in [0.5, 0.6) is 0 Å². The van der Waals surface area contributed by atoms with E-state index in [1.165, 1.54) is 17.0 Å². The Kier molecular flexibility index (Phi) is 6.27. The van der Waals surface area contributed by atoms with E-state index in [1.807, 2.05) is 0 Å². The Labute approximate surface area is 151 Å². The Morgan fingerprint density at radius 1 is 1.04 bits per heavy atom. The number of amides is 1. The number of benzene rings is 2. The van der Waals surface area contributed by atoms with Gasteiger partial charge in [0.2, 0.25) is 5.91 Å². The van der Waals surface area contributed by atoms with Gasteiger partial charge in [0.25, 0.3) is 0 Å². The molecule has 128 valence electrons. The molecule has 0 unspecified atom stereocenters. The molecule has 0 aliphatic heterocycles. The predicted octanol–water partition coefficient (Wildman–Crippen LogP) is 3.82. The predicted molar refractivity (Wildman–Crippen MR) is 96.0 cm³/mol. The summed E-state index contributed by atoms with van der Waals surface area (Å²) >= 11 is 12.1. The van der Waals surface area contributed by atoms with Crippen LogP contribution in [0.1, 0.15) is 12.0 Å². The summed E-state index contributed by atoms with van der Waals surface area (Å²) in [5.74, 6) is -0.505. The quantitative estimate of drug-likeness (QED) is 0.759. The van der Waals surface area contributed by atoms with E-state index < -0.39 is 9.84 Å². The maximum absolute atomic E-state index is 12.2. The summed E-state index contributed by atoms with van der Waals surface area (Å²) in [5, 5.41) is 0.817. The van der Waals surface area contributed by atoms with Crippen molar-refractivity contribution in [1.29, 1.82) is 0 Å². The van der Waals surface area contributed by atoms with E-state index in [4.69, 9.17) is 23.2 Å². The van der Waals surface area contributed by atoms with Gasteiger partial charge in [0, 0.05) is 20.0 Å². The summed E-state index contributed by atoms with van der Waals surface area (Å²) in [5.41, 5.74) is 0.714. The molecule has 0 atom stereocenters. The summed E-state index contributed by atoms with van der Waals surface area (Å²) in [6.45, 7) is 0.267. The lowest BCUT2D eigenvalue weighted by molar-refractivity contribution is -0.130. The molecule has 7 heteroatoms. The summed E-state index contributed by atoms with van der Waals surface area (Å²) in [6.07, 6.45) is -0.0914. The van der Waals surface area contributed by atoms with Gasteiger partial charge in [-0.25, -0.2) is 8.42 Å². The Bertz CT molecular complexity index is 823. The molecule has 0 aromatic heterocycles. The lowest BCUT2D eigenvalue weighted by Crippen LogP contribution is -2.28. The van der Waals surface area contributed by atoms with Crippen molar-refractivity contribution in [2.75, 3.05) is 12.8 Å². The fraction of sp³-hybridized carbons (Fsp3) is 0.235. The molecule has 0 aliphatic rings. The zero-order valence-corrected chi connectivity index (χ0v) is 15.4. The molecule has 0 radical (unpaired) electrons. The first-order valence-corrected chi connectivity index (χ1v) is 9.67. The zero-order chi connectivity index (χ0) is 17.7. The molecular formula is C17H17Cl2NO3S. The first kappa shape index (κ1) is 18.8. The minimum atomic E-state index is -3.47. The first-order chi connectivity index (χ1) is 11.3. The zero-order valence-electron chi connectivity index (χ0n) is 13.1. The largest absolute Gasteiger partial charge is 0.341 e. The molecule has 0 spiro atoms. The molecular weight excluding hydrogens is 369 g/mol. The average Bonchev–Trinajstić information content (AvgIpc) is 2.57. The monoisotopic (exact) mass is 385 g/mol. The number of hydrogen-bond donors (Lipinski definition) is 0. The van der Waals surface area contributed by atoms with Crippen molar-refractivity contribution in [3.8, 4) is 0 Å². The molecule has 2 rings (SSSR count). The summed E-state index contributed by atoms with van der Waals surface area (Å²) < 4.78 is 24.4. The van der Waals surface area contributed by atoms with Crippen LogP contribution in [-0.4, -0.2) is 32.0 Å². The number of rotatable bonds is 6. The maximum Gasteiger partial charge on any atom is 0.223 e. The number of sulfone groups is 1. The summed E-state index contributed by atoms with van der Waals surface area (Å²) in [6, 6.07) is 13.3. The van der Waals surface area contributed by atoms with Crippen LogP contribution in [0.2, 0.25) is 10.0 Å². The third kappa shape index (κ3) is 4.72. The van der Waals surface area contributed by atoms with Crippen LogP contribution in [0.4, 0.5) is 0 Å². The van der Waals surface area contributed by atoms with E-state index in [-0.39, 0.29) is 29.5 Å². The molecule has 1 amide bonds. The van der Waals surface area contributed by atoms with E-state index >= 15 is 0 Å². The SMILES string of the molecule is CN(Cc1cccc(Cl)c1Cl)C(=O)CCS(=O)(=O)c1ccccc1. The van der Waals surface area contributed by atoms with Crippen molar-refractivity contribution in [2.24, 2.45) is 0 Å². The second-order valence-corrected chi connectivity index (χ2v) is 8.24. The summed E-state index contributed by atoms with van der Waals surface area (Å²) in [4.78, 5) is 13.9. The number of carbonyl (C=O) groups excluding carboxylic acids is 1. The number of hydrogen-bond acceptors (Lipinski definition) is 3. The molecule has 2 aromatic rings. The van der Waals surface area contributed by atoms with Crippen LogP contribution in [0.25, 0.3) is 0 Å². The second-order valence-electron chi connectivity index (χ2n) is 5.34. The van der Waals surface area contributed by atoms with Gasteiger partial charge in [-0.05, 0) is 23.8 Å². The number of halogens is 2. The topological polar surface area (TPSA) is 54.5 Å². The Balaban J connectivity index is 1.98. The maximum atomic E-state index is 12.2. The van der Waals surface area contributed by atoms with Crippen molar-refractivity contribution in [1.82, 2.24) is 4.90 Å². The van der Waals surface area contributed by atoms with Crippen molar-refractivity contribution < 1.29 is 13.2 Å². The molecule has 0 aliphatic carbocycles. The van der Waals surface area contributed by atoms with E-state index in [2.05, 4.69) is 0 Å². The van der Waals surface area contributed by atoms with Gasteiger partial charge in [0.05, 0.1) is 20.7 Å². The van der Waals surface area contributed by atoms with Crippen LogP contribution in [0.15, 0.2) is 53.4 Å². The van der Waals surface area contributed by atoms with Crippen LogP contribution >= 0.6 is 23.2 Å². The highest BCUT2D eigenvalue weighted by Gasteiger charge is 2.18. The van der Waals surface area contributed by atoms with Gasteiger partial charge in [0.1, 0.15) is 0 Å². The van der Waals surface area contributed by atoms with Gasteiger partial charge < -0.3 is 4.90 Å². The minimum Gasteiger partial charge on any atom is -0.341 e. The van der Waals surface area contributed by atoms with Gasteiger partial charge in [-0.1, -0.05) is 53.5 Å². The lowest BCUT2D eigenvalue weighted by atomic mass is 10.2. The van der Waals surface area contributed by atoms with Gasteiger partial charge in [0.15, 0.2) is 9.84 Å². The van der Waals surface area contributed by atoms with E-state index in [0.29, 0.717) is 15.6 Å². The normalized spacial score (nSPS) is 11.3. The van der Waals surface area contributed by atoms with Crippen molar-refractivity contribution in [3.63, 3.8) is 0 Å². The average molecular weight is 386 g/mol. The molecule has 4 nitrogen and oxygen atoms in total. The highest BCUT2D eigenvalue weighted by atomic mass is 35.5. The standard InChI is InChI=1S/C17H17Cl2NO3S/c1-20(12-13-6-5-9-15(18)17(13)19)16(21)10-11-24(22,23)14-7-3-2-4-8-14/h2-9H,10-12H2,1H3. The third-order valence-electron chi connectivity index (χ3n) is 3.55. The molecule has 0 saturated heterocycles. The molecule has 0 heterocycles. The van der Waals surface area contributed by atoms with E-state index in [1.54, 1.807) is 43.4 Å². The van der Waals surface area contributed by atoms with Crippen molar-refractivity contribution in [2.45, 2.75) is 17.9 Å². The van der Waals surface area contributed by atoms with E-state index in [0.717, 1.165) is 0 Å². The Morgan fingerprint density at radius 2 is 1.71 bits per heavy atom. The van der Waals surface area contributed by atoms with Crippen molar-refractivity contribution >= 4 is 38.9 Å². The first-order valence-electron chi connectivity index (χ1n) is 7.26. The third-order valence-corrected chi connectivity index (χ3v) is 6.14. The molecule has 0 bridgehead atoms. The van der Waals surface area contributed by atoms with Gasteiger partial charge in [-0.15, -0.1) is 0 Å². The number of carbonyl (C=O) groups is 1. The highest BCUT2D eigenvalue weighted by molar-refractivity contribution is 7.91. The highest BCUT2D eigenvalue weighted by Crippen LogP contribution is 2.26. The van der Waals surface area contributed by atoms with Crippen LogP contribution in [0, 0.1) is 0 Å². The molecule has 0 fully saturated rings. The fourth-order valence-corrected chi connectivity index (χ4v) is 3.80. The molecule has 24 heavy (non-hydrogen) atoms. The van der Waals surface area contributed by atoms with Gasteiger partial charge in [-0.3, -0.25) is 4.79 Å². The molecule has 0 N–H and O–H groups in total. The lowest BCUT2D eigenvalue weighted by Gasteiger charge is -2.18. The van der Waals surface area contributed by atoms with Crippen LogP contribution in [0.3, 0.4) is 0 Å². The smallest absolute Gasteiger partial charge is 0.223 e. The minimum absolute atomic E-state index is 0.0914. The van der Waals surface area contributed by atoms with Crippen molar-refractivity contribution in [3.05, 3.63) is 64.1 Å². The van der Waals surface area contributed by atoms with E-state index in [9.17, 15) is 13.2 Å².